The Morgan fingerprint density at radius 2 is 1.90 bits per heavy atom. The number of carbonyl (C=O) groups is 3. The normalized spacial score (nSPS) is 21.7. The highest BCUT2D eigenvalue weighted by Crippen LogP contribution is 2.34. The van der Waals surface area contributed by atoms with Crippen molar-refractivity contribution in [1.82, 2.24) is 4.90 Å². The number of rotatable bonds is 6. The molecule has 31 heavy (non-hydrogen) atoms. The van der Waals surface area contributed by atoms with Crippen LogP contribution in [0.2, 0.25) is 0 Å². The van der Waals surface area contributed by atoms with E-state index in [9.17, 15) is 24.5 Å². The van der Waals surface area contributed by atoms with Crippen LogP contribution in [0.4, 0.5) is 10.5 Å². The van der Waals surface area contributed by atoms with Gasteiger partial charge >= 0.3 is 12.1 Å². The summed E-state index contributed by atoms with van der Waals surface area (Å²) < 4.78 is 15.0. The summed E-state index contributed by atoms with van der Waals surface area (Å²) in [5.41, 5.74) is -0.845. The smallest absolute Gasteiger partial charge is 0.468 e. The topological polar surface area (TPSA) is 125 Å². The zero-order valence-corrected chi connectivity index (χ0v) is 17.7. The Labute approximate surface area is 179 Å². The Morgan fingerprint density at radius 3 is 2.52 bits per heavy atom. The summed E-state index contributed by atoms with van der Waals surface area (Å²) in [4.78, 5) is 48.0. The number of amides is 1. The first-order chi connectivity index (χ1) is 14.6. The van der Waals surface area contributed by atoms with Crippen LogP contribution in [-0.2, 0) is 19.1 Å². The lowest BCUT2D eigenvalue weighted by atomic mass is 9.77. The SMILES string of the molecule is COC(=O)CN(C)C(=O)[C@]1(C)CC/C=C\[C@H](OC(=O)Oc2ccc([N+](=O)[O-])cc2)CC1. The minimum absolute atomic E-state index is 0.120. The summed E-state index contributed by atoms with van der Waals surface area (Å²) in [6.07, 6.45) is 4.08. The second kappa shape index (κ2) is 10.6. The molecule has 1 aliphatic carbocycles. The van der Waals surface area contributed by atoms with Crippen molar-refractivity contribution < 1.29 is 33.5 Å². The van der Waals surface area contributed by atoms with E-state index in [-0.39, 0.29) is 23.9 Å². The van der Waals surface area contributed by atoms with E-state index in [0.29, 0.717) is 25.7 Å². The number of ether oxygens (including phenoxy) is 3. The van der Waals surface area contributed by atoms with Crippen molar-refractivity contribution in [2.24, 2.45) is 5.41 Å². The highest BCUT2D eigenvalue weighted by atomic mass is 16.7. The van der Waals surface area contributed by atoms with Gasteiger partial charge in [-0.15, -0.1) is 0 Å². The fraction of sp³-hybridized carbons (Fsp3) is 0.476. The number of methoxy groups -OCH3 is 1. The zero-order chi connectivity index (χ0) is 23.0. The van der Waals surface area contributed by atoms with Gasteiger partial charge in [-0.2, -0.15) is 0 Å². The lowest BCUT2D eigenvalue weighted by Gasteiger charge is -2.34. The molecule has 0 bridgehead atoms. The second-order valence-electron chi connectivity index (χ2n) is 7.56. The molecule has 0 fully saturated rings. The maximum absolute atomic E-state index is 12.9. The van der Waals surface area contributed by atoms with Crippen molar-refractivity contribution in [1.29, 1.82) is 0 Å². The van der Waals surface area contributed by atoms with Gasteiger partial charge in [0.25, 0.3) is 5.69 Å². The molecule has 0 heterocycles. The average molecular weight is 434 g/mol. The molecule has 0 unspecified atom stereocenters. The van der Waals surface area contributed by atoms with Gasteiger partial charge in [-0.1, -0.05) is 13.0 Å². The lowest BCUT2D eigenvalue weighted by molar-refractivity contribution is -0.384. The predicted octanol–water partition coefficient (Wildman–Crippen LogP) is 3.25. The van der Waals surface area contributed by atoms with Crippen LogP contribution in [0.25, 0.3) is 0 Å². The average Bonchev–Trinajstić information content (AvgIpc) is 2.73. The van der Waals surface area contributed by atoms with Gasteiger partial charge < -0.3 is 19.1 Å². The van der Waals surface area contributed by atoms with Crippen LogP contribution < -0.4 is 4.74 Å². The van der Waals surface area contributed by atoms with E-state index in [2.05, 4.69) is 4.74 Å². The van der Waals surface area contributed by atoms with E-state index in [4.69, 9.17) is 9.47 Å². The number of esters is 1. The van der Waals surface area contributed by atoms with Crippen molar-refractivity contribution in [3.8, 4) is 5.75 Å². The number of benzene rings is 1. The largest absolute Gasteiger partial charge is 0.514 e. The quantitative estimate of drug-likeness (QED) is 0.220. The monoisotopic (exact) mass is 434 g/mol. The predicted molar refractivity (Wildman–Crippen MR) is 109 cm³/mol. The lowest BCUT2D eigenvalue weighted by Crippen LogP contribution is -2.43. The van der Waals surface area contributed by atoms with Crippen molar-refractivity contribution in [2.75, 3.05) is 20.7 Å². The third kappa shape index (κ3) is 6.80. The standard InChI is InChI=1S/C21H26N2O8/c1-21(19(25)22(2)14-18(24)29-3)12-5-4-6-16(11-13-21)30-20(26)31-17-9-7-15(8-10-17)23(27)28/h4,6-10,16H,5,11-14H2,1-3H3/b6-4-/t16-,21+/m0/s1. The Balaban J connectivity index is 1.96. The van der Waals surface area contributed by atoms with Gasteiger partial charge in [0.1, 0.15) is 18.4 Å². The number of non-ortho nitro benzene ring substituents is 1. The van der Waals surface area contributed by atoms with E-state index in [1.54, 1.807) is 13.1 Å². The van der Waals surface area contributed by atoms with Gasteiger partial charge in [0.2, 0.25) is 5.91 Å². The van der Waals surface area contributed by atoms with Crippen LogP contribution in [0.5, 0.6) is 5.75 Å². The molecule has 0 saturated carbocycles. The Bertz CT molecular complexity index is 851. The van der Waals surface area contributed by atoms with Crippen molar-refractivity contribution in [3.05, 3.63) is 46.5 Å². The van der Waals surface area contributed by atoms with E-state index >= 15 is 0 Å². The maximum Gasteiger partial charge on any atom is 0.514 e. The number of hydrogen-bond acceptors (Lipinski definition) is 8. The molecule has 10 nitrogen and oxygen atoms in total. The molecule has 0 spiro atoms. The minimum atomic E-state index is -0.945. The number of hydrogen-bond donors (Lipinski definition) is 0. The molecule has 0 radical (unpaired) electrons. The van der Waals surface area contributed by atoms with Crippen molar-refractivity contribution in [2.45, 2.75) is 38.7 Å². The molecular formula is C21H26N2O8. The number of nitrogens with zero attached hydrogens (tertiary/aromatic N) is 2. The molecule has 0 saturated heterocycles. The Morgan fingerprint density at radius 1 is 1.23 bits per heavy atom. The fourth-order valence-corrected chi connectivity index (χ4v) is 3.31. The molecule has 0 N–H and O–H groups in total. The van der Waals surface area contributed by atoms with Gasteiger partial charge in [-0.3, -0.25) is 19.7 Å². The summed E-state index contributed by atoms with van der Waals surface area (Å²) >= 11 is 0. The van der Waals surface area contributed by atoms with Crippen LogP contribution in [0.3, 0.4) is 0 Å². The van der Waals surface area contributed by atoms with Crippen LogP contribution in [0.1, 0.15) is 32.6 Å². The third-order valence-corrected chi connectivity index (χ3v) is 5.15. The van der Waals surface area contributed by atoms with Gasteiger partial charge in [0.15, 0.2) is 0 Å². The van der Waals surface area contributed by atoms with E-state index in [1.807, 2.05) is 13.0 Å². The molecule has 1 aromatic rings. The van der Waals surface area contributed by atoms with E-state index in [1.165, 1.54) is 36.3 Å². The summed E-state index contributed by atoms with van der Waals surface area (Å²) in [6, 6.07) is 5.06. The molecule has 1 aromatic carbocycles. The van der Waals surface area contributed by atoms with Crippen LogP contribution in [0.15, 0.2) is 36.4 Å². The maximum atomic E-state index is 12.9. The summed E-state index contributed by atoms with van der Waals surface area (Å²) in [5, 5.41) is 10.7. The van der Waals surface area contributed by atoms with Crippen LogP contribution >= 0.6 is 0 Å². The Hall–Kier alpha value is -3.43. The van der Waals surface area contributed by atoms with Crippen LogP contribution in [-0.4, -0.2) is 54.7 Å². The number of likely N-dealkylation sites (N-methyl/N-ethyl adjacent to an activating group) is 1. The first-order valence-electron chi connectivity index (χ1n) is 9.76. The minimum Gasteiger partial charge on any atom is -0.468 e. The highest BCUT2D eigenvalue weighted by molar-refractivity contribution is 5.85. The fourth-order valence-electron chi connectivity index (χ4n) is 3.31. The first-order valence-corrected chi connectivity index (χ1v) is 9.76. The molecule has 1 amide bonds. The number of nitro groups is 1. The molecular weight excluding hydrogens is 408 g/mol. The van der Waals surface area contributed by atoms with Gasteiger partial charge in [0, 0.05) is 24.6 Å². The van der Waals surface area contributed by atoms with E-state index < -0.39 is 28.6 Å². The summed E-state index contributed by atoms with van der Waals surface area (Å²) in [5.74, 6) is -0.560. The molecule has 0 aromatic heterocycles. The number of allylic oxidation sites excluding steroid dienone is 1. The number of carbonyl (C=O) groups excluding carboxylic acids is 3. The second-order valence-corrected chi connectivity index (χ2v) is 7.56. The summed E-state index contributed by atoms with van der Waals surface area (Å²) in [6.45, 7) is 1.69. The van der Waals surface area contributed by atoms with Gasteiger partial charge in [-0.05, 0) is 43.9 Å². The molecule has 2 rings (SSSR count). The molecule has 1 aliphatic rings. The van der Waals surface area contributed by atoms with Crippen molar-refractivity contribution in [3.63, 3.8) is 0 Å². The zero-order valence-electron chi connectivity index (χ0n) is 17.7. The Kier molecular flexibility index (Phi) is 8.12. The van der Waals surface area contributed by atoms with Gasteiger partial charge in [-0.25, -0.2) is 4.79 Å². The molecule has 0 aliphatic heterocycles. The molecule has 10 heteroatoms. The first kappa shape index (κ1) is 23.8. The molecule has 168 valence electrons. The van der Waals surface area contributed by atoms with Crippen molar-refractivity contribution >= 4 is 23.7 Å². The van der Waals surface area contributed by atoms with Gasteiger partial charge in [0.05, 0.1) is 12.0 Å². The summed E-state index contributed by atoms with van der Waals surface area (Å²) in [7, 11) is 2.81. The highest BCUT2D eigenvalue weighted by Gasteiger charge is 2.37. The van der Waals surface area contributed by atoms with Crippen LogP contribution in [0, 0.1) is 15.5 Å². The number of nitro benzene ring substituents is 1. The van der Waals surface area contributed by atoms with E-state index in [0.717, 1.165) is 0 Å². The molecule has 2 atom stereocenters. The third-order valence-electron chi connectivity index (χ3n) is 5.15.